The number of likely N-dealkylation sites (tertiary alicyclic amines) is 3. The molecule has 14 nitrogen and oxygen atoms in total. The topological polar surface area (TPSA) is 133 Å². The first kappa shape index (κ1) is 74.9. The fraction of sp³-hybridized carbons (Fsp3) is 0.494. The van der Waals surface area contributed by atoms with Gasteiger partial charge in [0.05, 0.1) is 63.0 Å². The van der Waals surface area contributed by atoms with Crippen LogP contribution in [0.3, 0.4) is 0 Å². The SMILES string of the molecule is COc1cc2c(cc1OC)C(=O)C(CC1CCNCC1)C2.COc1cc2c(cc1OC)C(O)C(CC1CCN(Cc3ccccc3)CC1)C2.COc1cc2c(cc1OC)CC(CC1CCN(Cc3ccccc3)CC1)=C2.COc1cc2c(cc1OC)CC(CC1CCN(Cc3ccccc3)CC1)C2. The third-order valence-corrected chi connectivity index (χ3v) is 23.5. The third-order valence-electron chi connectivity index (χ3n) is 23.5. The van der Waals surface area contributed by atoms with Gasteiger partial charge in [-0.15, -0.1) is 0 Å². The summed E-state index contributed by atoms with van der Waals surface area (Å²) < 4.78 is 43.3. The number of carbonyl (C=O) groups is 1. The van der Waals surface area contributed by atoms with Gasteiger partial charge in [-0.25, -0.2) is 0 Å². The molecule has 103 heavy (non-hydrogen) atoms. The normalized spacial score (nSPS) is 20.1. The number of hydrogen-bond donors (Lipinski definition) is 2. The van der Waals surface area contributed by atoms with Gasteiger partial charge in [-0.3, -0.25) is 19.5 Å². The van der Waals surface area contributed by atoms with E-state index in [4.69, 9.17) is 37.9 Å². The highest BCUT2D eigenvalue weighted by Gasteiger charge is 2.37. The van der Waals surface area contributed by atoms with Crippen LogP contribution in [0.2, 0.25) is 0 Å². The lowest BCUT2D eigenvalue weighted by atomic mass is 9.85. The molecule has 0 amide bonds. The number of nitrogens with zero attached hydrogens (tertiary/aromatic N) is 3. The van der Waals surface area contributed by atoms with Crippen molar-refractivity contribution < 1.29 is 47.8 Å². The van der Waals surface area contributed by atoms with Gasteiger partial charge in [-0.05, 0) is 301 Å². The molecule has 8 aliphatic rings. The summed E-state index contributed by atoms with van der Waals surface area (Å²) in [5.41, 5.74) is 15.5. The molecule has 14 heteroatoms. The van der Waals surface area contributed by atoms with Crippen molar-refractivity contribution >= 4 is 11.9 Å². The third kappa shape index (κ3) is 19.6. The second-order valence-corrected chi connectivity index (χ2v) is 30.3. The molecule has 7 aromatic rings. The van der Waals surface area contributed by atoms with Crippen LogP contribution in [-0.4, -0.2) is 135 Å². The van der Waals surface area contributed by atoms with E-state index in [9.17, 15) is 9.90 Å². The molecule has 0 aromatic heterocycles. The van der Waals surface area contributed by atoms with Crippen LogP contribution in [0.5, 0.6) is 46.0 Å². The second kappa shape index (κ2) is 36.7. The first-order valence-corrected chi connectivity index (χ1v) is 38.3. The number of allylic oxidation sites excluding steroid dienone is 1. The molecular weight excluding hydrogens is 1280 g/mol. The summed E-state index contributed by atoms with van der Waals surface area (Å²) in [7, 11) is 13.4. The number of carbonyl (C=O) groups excluding carboxylic acids is 1. The molecule has 15 rings (SSSR count). The van der Waals surface area contributed by atoms with Gasteiger partial charge in [0.25, 0.3) is 0 Å². The first-order valence-electron chi connectivity index (χ1n) is 38.3. The number of aliphatic hydroxyl groups is 1. The highest BCUT2D eigenvalue weighted by molar-refractivity contribution is 6.03. The predicted molar refractivity (Wildman–Crippen MR) is 412 cm³/mol. The van der Waals surface area contributed by atoms with Crippen molar-refractivity contribution in [2.75, 3.05) is 109 Å². The van der Waals surface area contributed by atoms with Crippen molar-refractivity contribution in [3.63, 3.8) is 0 Å². The number of hydrogen-bond acceptors (Lipinski definition) is 14. The maximum absolute atomic E-state index is 12.6. The van der Waals surface area contributed by atoms with E-state index in [1.165, 1.54) is 148 Å². The molecule has 4 aliphatic heterocycles. The average Bonchev–Trinajstić information content (AvgIpc) is 1.66. The van der Waals surface area contributed by atoms with E-state index in [2.05, 4.69) is 141 Å². The summed E-state index contributed by atoms with van der Waals surface area (Å²) in [6, 6.07) is 48.9. The molecule has 4 heterocycles. The lowest BCUT2D eigenvalue weighted by molar-refractivity contribution is 0.0894. The van der Waals surface area contributed by atoms with Crippen molar-refractivity contribution in [1.29, 1.82) is 0 Å². The van der Waals surface area contributed by atoms with E-state index < -0.39 is 6.10 Å². The van der Waals surface area contributed by atoms with E-state index in [1.54, 1.807) is 62.5 Å². The Kier molecular flexibility index (Phi) is 26.7. The van der Waals surface area contributed by atoms with Gasteiger partial charge in [0.15, 0.2) is 51.8 Å². The number of ether oxygens (including phenoxy) is 8. The molecule has 0 radical (unpaired) electrons. The summed E-state index contributed by atoms with van der Waals surface area (Å²) >= 11 is 0. The summed E-state index contributed by atoms with van der Waals surface area (Å²) in [6.45, 7) is 12.6. The Hall–Kier alpha value is -7.85. The fourth-order valence-corrected chi connectivity index (χ4v) is 17.8. The number of nitrogens with one attached hydrogen (secondary N) is 1. The van der Waals surface area contributed by atoms with Gasteiger partial charge >= 0.3 is 0 Å². The summed E-state index contributed by atoms with van der Waals surface area (Å²) in [5.74, 6) is 10.8. The highest BCUT2D eigenvalue weighted by Crippen LogP contribution is 2.47. The van der Waals surface area contributed by atoms with Gasteiger partial charge in [0.2, 0.25) is 0 Å². The largest absolute Gasteiger partial charge is 0.493 e. The summed E-state index contributed by atoms with van der Waals surface area (Å²) in [4.78, 5) is 20.4. The zero-order valence-corrected chi connectivity index (χ0v) is 62.7. The minimum atomic E-state index is -0.392. The van der Waals surface area contributed by atoms with Crippen molar-refractivity contribution in [3.8, 4) is 46.0 Å². The van der Waals surface area contributed by atoms with Crippen LogP contribution in [0.4, 0.5) is 0 Å². The van der Waals surface area contributed by atoms with Crippen molar-refractivity contribution in [2.45, 2.75) is 135 Å². The molecule has 0 bridgehead atoms. The molecular formula is C89H114N4O10. The Morgan fingerprint density at radius 2 is 0.796 bits per heavy atom. The minimum Gasteiger partial charge on any atom is -0.493 e. The molecule has 550 valence electrons. The lowest BCUT2D eigenvalue weighted by Gasteiger charge is -2.33. The number of benzene rings is 7. The maximum Gasteiger partial charge on any atom is 0.166 e. The van der Waals surface area contributed by atoms with Gasteiger partial charge in [-0.2, -0.15) is 0 Å². The smallest absolute Gasteiger partial charge is 0.166 e. The lowest BCUT2D eigenvalue weighted by Crippen LogP contribution is -2.34. The molecule has 4 saturated heterocycles. The number of ketones is 1. The Labute approximate surface area is 614 Å². The van der Waals surface area contributed by atoms with Gasteiger partial charge in [0, 0.05) is 31.1 Å². The molecule has 2 N–H and O–H groups in total. The molecule has 0 spiro atoms. The van der Waals surface area contributed by atoms with Gasteiger partial charge in [0.1, 0.15) is 0 Å². The molecule has 3 unspecified atom stereocenters. The van der Waals surface area contributed by atoms with E-state index in [0.29, 0.717) is 35.0 Å². The quantitative estimate of drug-likeness (QED) is 0.0667. The predicted octanol–water partition coefficient (Wildman–Crippen LogP) is 16.3. The average molecular weight is 1400 g/mol. The Morgan fingerprint density at radius 1 is 0.398 bits per heavy atom. The van der Waals surface area contributed by atoms with Crippen LogP contribution < -0.4 is 43.2 Å². The van der Waals surface area contributed by atoms with E-state index >= 15 is 0 Å². The number of methoxy groups -OCH3 is 8. The number of Topliss-reactive ketones (excluding diaryl/α,β-unsaturated/α-hetero) is 1. The monoisotopic (exact) mass is 1400 g/mol. The minimum absolute atomic E-state index is 0.139. The molecule has 4 aliphatic carbocycles. The van der Waals surface area contributed by atoms with Crippen molar-refractivity contribution in [1.82, 2.24) is 20.0 Å². The van der Waals surface area contributed by atoms with E-state index in [-0.39, 0.29) is 11.7 Å². The van der Waals surface area contributed by atoms with Crippen LogP contribution in [0.15, 0.2) is 145 Å². The number of rotatable bonds is 22. The van der Waals surface area contributed by atoms with Crippen molar-refractivity contribution in [3.05, 3.63) is 206 Å². The first-order chi connectivity index (χ1) is 50.4. The second-order valence-electron chi connectivity index (χ2n) is 30.3. The molecule has 4 fully saturated rings. The molecule has 3 atom stereocenters. The highest BCUT2D eigenvalue weighted by atomic mass is 16.5. The fourth-order valence-electron chi connectivity index (χ4n) is 17.8. The Balaban J connectivity index is 0.000000130. The molecule has 7 aromatic carbocycles. The maximum atomic E-state index is 12.6. The van der Waals surface area contributed by atoms with Gasteiger partial charge < -0.3 is 48.3 Å². The zero-order chi connectivity index (χ0) is 71.6. The number of aliphatic hydroxyl groups excluding tert-OH is 1. The number of fused-ring (bicyclic) bond motifs is 4. The summed E-state index contributed by atoms with van der Waals surface area (Å²) in [5, 5.41) is 14.3. The van der Waals surface area contributed by atoms with Crippen LogP contribution in [0.25, 0.3) is 6.08 Å². The summed E-state index contributed by atoms with van der Waals surface area (Å²) in [6.07, 6.45) is 22.0. The van der Waals surface area contributed by atoms with Crippen LogP contribution in [0, 0.1) is 41.4 Å². The van der Waals surface area contributed by atoms with E-state index in [1.807, 2.05) is 24.3 Å². The van der Waals surface area contributed by atoms with Crippen LogP contribution >= 0.6 is 0 Å². The van der Waals surface area contributed by atoms with Gasteiger partial charge in [-0.1, -0.05) is 103 Å². The van der Waals surface area contributed by atoms with Crippen LogP contribution in [-0.2, 0) is 51.7 Å². The number of piperidine rings is 4. The van der Waals surface area contributed by atoms with Crippen molar-refractivity contribution in [2.24, 2.45) is 41.4 Å². The van der Waals surface area contributed by atoms with Crippen LogP contribution in [0.1, 0.15) is 149 Å². The Bertz CT molecular complexity index is 3830. The van der Waals surface area contributed by atoms with E-state index in [0.717, 1.165) is 141 Å². The zero-order valence-electron chi connectivity index (χ0n) is 62.7. The Morgan fingerprint density at radius 3 is 1.27 bits per heavy atom. The molecule has 0 saturated carbocycles. The standard InChI is InChI=1S/C24H31NO3.C24H31NO2.C24H29NO2.C17H23NO3/c1-27-22-14-19-13-20(24(26)21(19)15-23(22)28-2)12-17-8-10-25(11-9-17)16-18-6-4-3-5-7-18;2*1-26-23-15-21-13-20(14-22(21)16-24(23)27-2)12-18-8-10-25(11-9-18)17-19-6-4-3-5-7-19;1-20-15-9-12-8-13(7-11-3-5-18-6-4-11)17(19)14(12)10-16(15)21-2/h3-7,14-15,17,20,24,26H,8-13,16H2,1-2H3;3-7,15-16,18,20H,8-14,17H2,1-2H3;3-7,13,15-16,18H,8-12,14,17H2,1-2H3;9-11,13,18H,3-8H2,1-2H3.